The molecule has 0 aromatic heterocycles. The molecule has 0 heterocycles. The third kappa shape index (κ3) is 5.63. The summed E-state index contributed by atoms with van der Waals surface area (Å²) in [5.74, 6) is 0. The van der Waals surface area contributed by atoms with E-state index in [0.717, 1.165) is 0 Å². The molecule has 1 atom stereocenters. The molecule has 66 valence electrons. The van der Waals surface area contributed by atoms with Crippen molar-refractivity contribution in [2.45, 2.75) is 13.0 Å². The summed E-state index contributed by atoms with van der Waals surface area (Å²) in [6.45, 7) is 3.00. The van der Waals surface area contributed by atoms with Crippen LogP contribution in [0.3, 0.4) is 0 Å². The fourth-order valence-electron chi connectivity index (χ4n) is 0.603. The van der Waals surface area contributed by atoms with Crippen LogP contribution in [0, 0.1) is 0 Å². The Morgan fingerprint density at radius 2 is 2.45 bits per heavy atom. The summed E-state index contributed by atoms with van der Waals surface area (Å²) >= 11 is 0. The van der Waals surface area contributed by atoms with Crippen molar-refractivity contribution < 1.29 is 14.6 Å². The first-order valence-corrected chi connectivity index (χ1v) is 3.48. The second-order valence-electron chi connectivity index (χ2n) is 2.04. The quantitative estimate of drug-likeness (QED) is 0.514. The van der Waals surface area contributed by atoms with Crippen molar-refractivity contribution >= 4 is 6.09 Å². The molecule has 0 aromatic rings. The van der Waals surface area contributed by atoms with Gasteiger partial charge in [-0.2, -0.15) is 0 Å². The lowest BCUT2D eigenvalue weighted by Crippen LogP contribution is -2.42. The maximum atomic E-state index is 10.1. The van der Waals surface area contributed by atoms with E-state index in [1.807, 2.05) is 6.92 Å². The number of rotatable bonds is 5. The molecule has 5 nitrogen and oxygen atoms in total. The summed E-state index contributed by atoms with van der Waals surface area (Å²) in [4.78, 5) is 10.1. The SMILES string of the molecule is CCOCC(CN)NC(=O)O. The molecule has 0 spiro atoms. The van der Waals surface area contributed by atoms with Gasteiger partial charge in [-0.25, -0.2) is 4.79 Å². The topological polar surface area (TPSA) is 84.6 Å². The summed E-state index contributed by atoms with van der Waals surface area (Å²) in [6.07, 6.45) is -1.07. The summed E-state index contributed by atoms with van der Waals surface area (Å²) in [5.41, 5.74) is 5.26. The normalized spacial score (nSPS) is 12.5. The van der Waals surface area contributed by atoms with Gasteiger partial charge in [-0.05, 0) is 6.92 Å². The fourth-order valence-corrected chi connectivity index (χ4v) is 0.603. The van der Waals surface area contributed by atoms with Crippen LogP contribution >= 0.6 is 0 Å². The van der Waals surface area contributed by atoms with Gasteiger partial charge in [0.1, 0.15) is 0 Å². The van der Waals surface area contributed by atoms with Crippen LogP contribution in [-0.2, 0) is 4.74 Å². The van der Waals surface area contributed by atoms with Crippen molar-refractivity contribution in [1.82, 2.24) is 5.32 Å². The van der Waals surface area contributed by atoms with E-state index in [2.05, 4.69) is 5.32 Å². The lowest BCUT2D eigenvalue weighted by molar-refractivity contribution is 0.120. The van der Waals surface area contributed by atoms with Crippen LogP contribution in [0.25, 0.3) is 0 Å². The van der Waals surface area contributed by atoms with Crippen LogP contribution in [-0.4, -0.2) is 37.0 Å². The van der Waals surface area contributed by atoms with Gasteiger partial charge in [0.15, 0.2) is 0 Å². The molecule has 1 amide bonds. The standard InChI is InChI=1S/C6H14N2O3/c1-2-11-4-5(3-7)8-6(9)10/h5,8H,2-4,7H2,1H3,(H,9,10). The monoisotopic (exact) mass is 162 g/mol. The zero-order chi connectivity index (χ0) is 8.69. The van der Waals surface area contributed by atoms with Gasteiger partial charge in [-0.15, -0.1) is 0 Å². The molecule has 5 heteroatoms. The lowest BCUT2D eigenvalue weighted by Gasteiger charge is -2.13. The van der Waals surface area contributed by atoms with Gasteiger partial charge in [0.2, 0.25) is 0 Å². The molecule has 0 aliphatic heterocycles. The van der Waals surface area contributed by atoms with Crippen LogP contribution < -0.4 is 11.1 Å². The van der Waals surface area contributed by atoms with Crippen LogP contribution in [0.1, 0.15) is 6.92 Å². The van der Waals surface area contributed by atoms with E-state index in [1.54, 1.807) is 0 Å². The van der Waals surface area contributed by atoms with Crippen molar-refractivity contribution in [3.63, 3.8) is 0 Å². The molecule has 0 fully saturated rings. The number of ether oxygens (including phenoxy) is 1. The highest BCUT2D eigenvalue weighted by Crippen LogP contribution is 1.83. The molecule has 0 aromatic carbocycles. The van der Waals surface area contributed by atoms with E-state index in [0.29, 0.717) is 13.2 Å². The number of nitrogens with one attached hydrogen (secondary N) is 1. The number of hydrogen-bond donors (Lipinski definition) is 3. The minimum absolute atomic E-state index is 0.256. The number of carboxylic acid groups (broad SMARTS) is 1. The van der Waals surface area contributed by atoms with Gasteiger partial charge in [-0.3, -0.25) is 0 Å². The van der Waals surface area contributed by atoms with Gasteiger partial charge in [0, 0.05) is 13.2 Å². The molecule has 0 radical (unpaired) electrons. The fraction of sp³-hybridized carbons (Fsp3) is 0.833. The Kier molecular flexibility index (Phi) is 5.50. The molecule has 0 aliphatic rings. The second kappa shape index (κ2) is 5.94. The minimum atomic E-state index is -1.07. The molecule has 0 bridgehead atoms. The summed E-state index contributed by atoms with van der Waals surface area (Å²) in [7, 11) is 0. The third-order valence-electron chi connectivity index (χ3n) is 1.14. The van der Waals surface area contributed by atoms with Crippen LogP contribution in [0.5, 0.6) is 0 Å². The molecule has 0 rings (SSSR count). The van der Waals surface area contributed by atoms with E-state index < -0.39 is 6.09 Å². The average molecular weight is 162 g/mol. The van der Waals surface area contributed by atoms with Gasteiger partial charge < -0.3 is 20.9 Å². The number of carbonyl (C=O) groups is 1. The number of nitrogens with two attached hydrogens (primary N) is 1. The Hall–Kier alpha value is -0.810. The van der Waals surface area contributed by atoms with E-state index in [9.17, 15) is 4.79 Å². The maximum absolute atomic E-state index is 10.1. The van der Waals surface area contributed by atoms with E-state index in [1.165, 1.54) is 0 Å². The van der Waals surface area contributed by atoms with Crippen LogP contribution in [0.4, 0.5) is 4.79 Å². The Morgan fingerprint density at radius 1 is 1.82 bits per heavy atom. The largest absolute Gasteiger partial charge is 0.465 e. The smallest absolute Gasteiger partial charge is 0.405 e. The van der Waals surface area contributed by atoms with E-state index >= 15 is 0 Å². The highest BCUT2D eigenvalue weighted by molar-refractivity contribution is 5.64. The lowest BCUT2D eigenvalue weighted by atomic mass is 10.3. The zero-order valence-electron chi connectivity index (χ0n) is 6.54. The van der Waals surface area contributed by atoms with Gasteiger partial charge in [0.05, 0.1) is 12.6 Å². The van der Waals surface area contributed by atoms with Crippen molar-refractivity contribution in [1.29, 1.82) is 0 Å². The summed E-state index contributed by atoms with van der Waals surface area (Å²) < 4.78 is 4.98. The highest BCUT2D eigenvalue weighted by Gasteiger charge is 2.07. The predicted molar refractivity (Wildman–Crippen MR) is 40.5 cm³/mol. The van der Waals surface area contributed by atoms with Crippen molar-refractivity contribution in [2.75, 3.05) is 19.8 Å². The highest BCUT2D eigenvalue weighted by atomic mass is 16.5. The summed E-state index contributed by atoms with van der Waals surface area (Å²) in [5, 5.41) is 10.5. The molecular weight excluding hydrogens is 148 g/mol. The Bertz CT molecular complexity index is 118. The van der Waals surface area contributed by atoms with Crippen molar-refractivity contribution in [3.05, 3.63) is 0 Å². The molecule has 1 unspecified atom stereocenters. The Morgan fingerprint density at radius 3 is 2.82 bits per heavy atom. The molecule has 0 saturated heterocycles. The van der Waals surface area contributed by atoms with E-state index in [4.69, 9.17) is 15.6 Å². The predicted octanol–water partition coefficient (Wildman–Crippen LogP) is -0.382. The average Bonchev–Trinajstić information content (AvgIpc) is 1.97. The Labute approximate surface area is 65.5 Å². The Balaban J connectivity index is 3.49. The molecule has 11 heavy (non-hydrogen) atoms. The first-order valence-electron chi connectivity index (χ1n) is 3.48. The van der Waals surface area contributed by atoms with Gasteiger partial charge in [-0.1, -0.05) is 0 Å². The van der Waals surface area contributed by atoms with Gasteiger partial charge in [0.25, 0.3) is 0 Å². The minimum Gasteiger partial charge on any atom is -0.465 e. The number of amides is 1. The van der Waals surface area contributed by atoms with Crippen molar-refractivity contribution in [2.24, 2.45) is 5.73 Å². The zero-order valence-corrected chi connectivity index (χ0v) is 6.54. The van der Waals surface area contributed by atoms with E-state index in [-0.39, 0.29) is 12.6 Å². The first-order chi connectivity index (χ1) is 5.20. The first kappa shape index (κ1) is 10.2. The third-order valence-corrected chi connectivity index (χ3v) is 1.14. The molecular formula is C6H14N2O3. The van der Waals surface area contributed by atoms with Crippen molar-refractivity contribution in [3.8, 4) is 0 Å². The number of hydrogen-bond acceptors (Lipinski definition) is 3. The van der Waals surface area contributed by atoms with Gasteiger partial charge >= 0.3 is 6.09 Å². The summed E-state index contributed by atoms with van der Waals surface area (Å²) in [6, 6.07) is -0.299. The van der Waals surface area contributed by atoms with Crippen LogP contribution in [0.2, 0.25) is 0 Å². The second-order valence-corrected chi connectivity index (χ2v) is 2.04. The maximum Gasteiger partial charge on any atom is 0.405 e. The van der Waals surface area contributed by atoms with Crippen LogP contribution in [0.15, 0.2) is 0 Å². The molecule has 0 aliphatic carbocycles. The molecule has 0 saturated carbocycles. The molecule has 4 N–H and O–H groups in total.